The molecule has 0 aliphatic rings. The Morgan fingerprint density at radius 2 is 2.00 bits per heavy atom. The summed E-state index contributed by atoms with van der Waals surface area (Å²) in [5.74, 6) is -0.711. The van der Waals surface area contributed by atoms with Gasteiger partial charge in [0.1, 0.15) is 0 Å². The summed E-state index contributed by atoms with van der Waals surface area (Å²) in [6.07, 6.45) is 7.83. The van der Waals surface area contributed by atoms with E-state index in [1.807, 2.05) is 6.08 Å². The summed E-state index contributed by atoms with van der Waals surface area (Å²) in [6.45, 7) is 4.26. The van der Waals surface area contributed by atoms with Crippen LogP contribution in [0.3, 0.4) is 0 Å². The molecular weight excluding hydrogens is 164 g/mol. The molecule has 0 aliphatic heterocycles. The molecule has 0 saturated heterocycles. The Balaban J connectivity index is 3.45. The minimum Gasteiger partial charge on any atom is -0.481 e. The van der Waals surface area contributed by atoms with Crippen molar-refractivity contribution in [2.75, 3.05) is 0 Å². The molecule has 2 heteroatoms. The zero-order chi connectivity index (χ0) is 10.1. The molecule has 0 aromatic heterocycles. The van der Waals surface area contributed by atoms with Crippen LogP contribution in [0.15, 0.2) is 11.6 Å². The summed E-state index contributed by atoms with van der Waals surface area (Å²) in [5, 5.41) is 8.41. The van der Waals surface area contributed by atoms with Crippen molar-refractivity contribution in [3.63, 3.8) is 0 Å². The summed E-state index contributed by atoms with van der Waals surface area (Å²) >= 11 is 0. The molecule has 0 rings (SSSR count). The van der Waals surface area contributed by atoms with Gasteiger partial charge in [-0.05, 0) is 26.2 Å². The maximum Gasteiger partial charge on any atom is 0.303 e. The van der Waals surface area contributed by atoms with Gasteiger partial charge < -0.3 is 5.11 Å². The Morgan fingerprint density at radius 3 is 2.54 bits per heavy atom. The van der Waals surface area contributed by atoms with Crippen molar-refractivity contribution < 1.29 is 9.90 Å². The number of aliphatic carboxylic acids is 1. The Kier molecular flexibility index (Phi) is 7.36. The van der Waals surface area contributed by atoms with Gasteiger partial charge in [-0.3, -0.25) is 4.79 Å². The van der Waals surface area contributed by atoms with E-state index in [1.54, 1.807) is 0 Å². The third-order valence-corrected chi connectivity index (χ3v) is 2.03. The summed E-state index contributed by atoms with van der Waals surface area (Å²) in [7, 11) is 0. The molecule has 0 heterocycles. The van der Waals surface area contributed by atoms with Gasteiger partial charge in [-0.15, -0.1) is 0 Å². The molecule has 1 N–H and O–H groups in total. The van der Waals surface area contributed by atoms with Crippen LogP contribution in [0, 0.1) is 0 Å². The monoisotopic (exact) mass is 184 g/mol. The van der Waals surface area contributed by atoms with Crippen LogP contribution in [0.5, 0.6) is 0 Å². The van der Waals surface area contributed by atoms with Crippen molar-refractivity contribution in [1.82, 2.24) is 0 Å². The molecule has 0 amide bonds. The van der Waals surface area contributed by atoms with E-state index in [-0.39, 0.29) is 6.42 Å². The van der Waals surface area contributed by atoms with Gasteiger partial charge in [0.05, 0.1) is 0 Å². The zero-order valence-corrected chi connectivity index (χ0v) is 8.68. The van der Waals surface area contributed by atoms with Crippen LogP contribution in [-0.4, -0.2) is 11.1 Å². The Hall–Kier alpha value is -0.790. The fourth-order valence-electron chi connectivity index (χ4n) is 1.20. The van der Waals surface area contributed by atoms with Gasteiger partial charge >= 0.3 is 5.97 Å². The summed E-state index contributed by atoms with van der Waals surface area (Å²) < 4.78 is 0. The second-order valence-corrected chi connectivity index (χ2v) is 3.44. The molecular formula is C11H20O2. The predicted molar refractivity (Wildman–Crippen MR) is 54.8 cm³/mol. The Bertz CT molecular complexity index is 171. The van der Waals surface area contributed by atoms with E-state index in [0.717, 1.165) is 6.42 Å². The van der Waals surface area contributed by atoms with E-state index >= 15 is 0 Å². The van der Waals surface area contributed by atoms with Gasteiger partial charge in [-0.1, -0.05) is 31.4 Å². The van der Waals surface area contributed by atoms with Crippen molar-refractivity contribution in [3.8, 4) is 0 Å². The highest BCUT2D eigenvalue weighted by Crippen LogP contribution is 2.09. The van der Waals surface area contributed by atoms with Gasteiger partial charge in [-0.25, -0.2) is 0 Å². The number of unbranched alkanes of at least 4 members (excludes halogenated alkanes) is 2. The standard InChI is InChI=1S/C11H20O2/c1-3-4-5-7-10(2)8-6-9-11(12)13/h8H,3-7,9H2,1-2H3,(H,12,13). The Labute approximate surface area is 80.7 Å². The van der Waals surface area contributed by atoms with E-state index in [1.165, 1.54) is 24.8 Å². The normalized spacial score (nSPS) is 11.7. The maximum absolute atomic E-state index is 10.2. The average Bonchev–Trinajstić information content (AvgIpc) is 2.04. The fraction of sp³-hybridized carbons (Fsp3) is 0.727. The SMILES string of the molecule is CCCCCC(C)=CCCC(=O)O. The topological polar surface area (TPSA) is 37.3 Å². The first-order valence-corrected chi connectivity index (χ1v) is 5.04. The van der Waals surface area contributed by atoms with Crippen LogP contribution in [0.2, 0.25) is 0 Å². The van der Waals surface area contributed by atoms with Crippen LogP contribution < -0.4 is 0 Å². The number of carbonyl (C=O) groups is 1. The van der Waals surface area contributed by atoms with Crippen molar-refractivity contribution in [1.29, 1.82) is 0 Å². The molecule has 2 nitrogen and oxygen atoms in total. The lowest BCUT2D eigenvalue weighted by Gasteiger charge is -1.99. The largest absolute Gasteiger partial charge is 0.481 e. The lowest BCUT2D eigenvalue weighted by molar-refractivity contribution is -0.136. The van der Waals surface area contributed by atoms with E-state index < -0.39 is 5.97 Å². The summed E-state index contributed by atoms with van der Waals surface area (Å²) in [4.78, 5) is 10.2. The van der Waals surface area contributed by atoms with Gasteiger partial charge in [0.15, 0.2) is 0 Å². The number of allylic oxidation sites excluding steroid dienone is 2. The van der Waals surface area contributed by atoms with Crippen molar-refractivity contribution in [2.45, 2.75) is 52.4 Å². The fourth-order valence-corrected chi connectivity index (χ4v) is 1.20. The van der Waals surface area contributed by atoms with Crippen LogP contribution in [0.25, 0.3) is 0 Å². The van der Waals surface area contributed by atoms with Gasteiger partial charge in [0, 0.05) is 6.42 Å². The number of carboxylic acid groups (broad SMARTS) is 1. The molecule has 0 bridgehead atoms. The molecule has 0 spiro atoms. The number of hydrogen-bond acceptors (Lipinski definition) is 1. The highest BCUT2D eigenvalue weighted by Gasteiger charge is 1.94. The highest BCUT2D eigenvalue weighted by atomic mass is 16.4. The third-order valence-electron chi connectivity index (χ3n) is 2.03. The lowest BCUT2D eigenvalue weighted by atomic mass is 10.1. The molecule has 0 aromatic carbocycles. The maximum atomic E-state index is 10.2. The molecule has 0 fully saturated rings. The third kappa shape index (κ3) is 9.12. The Morgan fingerprint density at radius 1 is 1.31 bits per heavy atom. The number of carboxylic acids is 1. The van der Waals surface area contributed by atoms with Gasteiger partial charge in [0.25, 0.3) is 0 Å². The summed E-state index contributed by atoms with van der Waals surface area (Å²) in [6, 6.07) is 0. The number of rotatable bonds is 7. The quantitative estimate of drug-likeness (QED) is 0.486. The van der Waals surface area contributed by atoms with Crippen molar-refractivity contribution in [2.24, 2.45) is 0 Å². The van der Waals surface area contributed by atoms with Crippen molar-refractivity contribution >= 4 is 5.97 Å². The molecule has 0 saturated carbocycles. The second-order valence-electron chi connectivity index (χ2n) is 3.44. The lowest BCUT2D eigenvalue weighted by Crippen LogP contribution is -1.92. The van der Waals surface area contributed by atoms with Crippen LogP contribution >= 0.6 is 0 Å². The van der Waals surface area contributed by atoms with E-state index in [9.17, 15) is 4.79 Å². The predicted octanol–water partition coefficient (Wildman–Crippen LogP) is 3.38. The second kappa shape index (κ2) is 7.84. The van der Waals surface area contributed by atoms with Crippen molar-refractivity contribution in [3.05, 3.63) is 11.6 Å². The van der Waals surface area contributed by atoms with E-state index in [2.05, 4.69) is 13.8 Å². The molecule has 13 heavy (non-hydrogen) atoms. The first-order chi connectivity index (χ1) is 6.16. The smallest absolute Gasteiger partial charge is 0.303 e. The minimum absolute atomic E-state index is 0.255. The molecule has 0 aliphatic carbocycles. The number of hydrogen-bond donors (Lipinski definition) is 1. The molecule has 0 radical (unpaired) electrons. The van der Waals surface area contributed by atoms with E-state index in [0.29, 0.717) is 6.42 Å². The van der Waals surface area contributed by atoms with Crippen LogP contribution in [0.1, 0.15) is 52.4 Å². The van der Waals surface area contributed by atoms with Crippen LogP contribution in [-0.2, 0) is 4.79 Å². The molecule has 76 valence electrons. The average molecular weight is 184 g/mol. The van der Waals surface area contributed by atoms with Gasteiger partial charge in [0.2, 0.25) is 0 Å². The molecule has 0 aromatic rings. The zero-order valence-electron chi connectivity index (χ0n) is 8.68. The highest BCUT2D eigenvalue weighted by molar-refractivity contribution is 5.66. The first kappa shape index (κ1) is 12.2. The van der Waals surface area contributed by atoms with E-state index in [4.69, 9.17) is 5.11 Å². The van der Waals surface area contributed by atoms with Gasteiger partial charge in [-0.2, -0.15) is 0 Å². The first-order valence-electron chi connectivity index (χ1n) is 5.04. The summed E-state index contributed by atoms with van der Waals surface area (Å²) in [5.41, 5.74) is 1.33. The van der Waals surface area contributed by atoms with Crippen LogP contribution in [0.4, 0.5) is 0 Å². The molecule has 0 unspecified atom stereocenters. The minimum atomic E-state index is -0.711. The molecule has 0 atom stereocenters.